The molecule has 112 valence electrons. The minimum Gasteiger partial charge on any atom is -0.383 e. The van der Waals surface area contributed by atoms with Crippen molar-refractivity contribution in [1.82, 2.24) is 9.97 Å². The van der Waals surface area contributed by atoms with E-state index >= 15 is 0 Å². The SMILES string of the molecule is CN(C)c1nc(N)c(-c2ccc(C(F)(F)F)cc2)c(=O)[nH]1. The second-order valence-corrected chi connectivity index (χ2v) is 4.62. The third-order valence-electron chi connectivity index (χ3n) is 2.86. The fourth-order valence-electron chi connectivity index (χ4n) is 1.79. The highest BCUT2D eigenvalue weighted by molar-refractivity contribution is 5.73. The maximum atomic E-state index is 12.5. The standard InChI is InChI=1S/C13H13F3N4O/c1-20(2)12-18-10(17)9(11(21)19-12)7-3-5-8(6-4-7)13(14,15)16/h3-6H,1-2H3,(H3,17,18,19,21). The Kier molecular flexibility index (Phi) is 3.63. The smallest absolute Gasteiger partial charge is 0.383 e. The Labute approximate surface area is 118 Å². The molecular weight excluding hydrogens is 285 g/mol. The summed E-state index contributed by atoms with van der Waals surface area (Å²) >= 11 is 0. The van der Waals surface area contributed by atoms with Crippen molar-refractivity contribution in [2.75, 3.05) is 24.7 Å². The van der Waals surface area contributed by atoms with Gasteiger partial charge in [0, 0.05) is 14.1 Å². The van der Waals surface area contributed by atoms with E-state index in [1.807, 2.05) is 0 Å². The van der Waals surface area contributed by atoms with Gasteiger partial charge in [0.25, 0.3) is 5.56 Å². The summed E-state index contributed by atoms with van der Waals surface area (Å²) in [5.41, 5.74) is 4.76. The molecule has 0 fully saturated rings. The van der Waals surface area contributed by atoms with Crippen LogP contribution in [0.5, 0.6) is 0 Å². The molecule has 0 amide bonds. The molecule has 1 aromatic carbocycles. The van der Waals surface area contributed by atoms with Crippen LogP contribution >= 0.6 is 0 Å². The number of rotatable bonds is 2. The number of hydrogen-bond donors (Lipinski definition) is 2. The number of benzene rings is 1. The minimum absolute atomic E-state index is 0.0396. The molecule has 0 saturated heterocycles. The first-order valence-corrected chi connectivity index (χ1v) is 5.95. The molecule has 3 N–H and O–H groups in total. The van der Waals surface area contributed by atoms with Crippen molar-refractivity contribution in [3.8, 4) is 11.1 Å². The lowest BCUT2D eigenvalue weighted by atomic mass is 10.1. The summed E-state index contributed by atoms with van der Waals surface area (Å²) in [6, 6.07) is 4.18. The highest BCUT2D eigenvalue weighted by Crippen LogP contribution is 2.31. The molecular formula is C13H13F3N4O. The lowest BCUT2D eigenvalue weighted by molar-refractivity contribution is -0.137. The quantitative estimate of drug-likeness (QED) is 0.890. The number of hydrogen-bond acceptors (Lipinski definition) is 4. The van der Waals surface area contributed by atoms with E-state index in [9.17, 15) is 18.0 Å². The number of nitrogens with two attached hydrogens (primary N) is 1. The minimum atomic E-state index is -4.43. The number of alkyl halides is 3. The summed E-state index contributed by atoms with van der Waals surface area (Å²) in [6.07, 6.45) is -4.43. The Hall–Kier alpha value is -2.51. The van der Waals surface area contributed by atoms with Gasteiger partial charge in [-0.15, -0.1) is 0 Å². The van der Waals surface area contributed by atoms with Crippen molar-refractivity contribution in [1.29, 1.82) is 0 Å². The van der Waals surface area contributed by atoms with Gasteiger partial charge in [-0.3, -0.25) is 9.78 Å². The summed E-state index contributed by atoms with van der Waals surface area (Å²) in [5, 5.41) is 0. The van der Waals surface area contributed by atoms with Gasteiger partial charge in [-0.05, 0) is 17.7 Å². The number of nitrogens with one attached hydrogen (secondary N) is 1. The Morgan fingerprint density at radius 3 is 2.19 bits per heavy atom. The fraction of sp³-hybridized carbons (Fsp3) is 0.231. The van der Waals surface area contributed by atoms with Crippen molar-refractivity contribution in [3.05, 3.63) is 40.2 Å². The molecule has 0 aliphatic carbocycles. The third-order valence-corrected chi connectivity index (χ3v) is 2.86. The molecule has 0 aliphatic rings. The van der Waals surface area contributed by atoms with Crippen LogP contribution < -0.4 is 16.2 Å². The summed E-state index contributed by atoms with van der Waals surface area (Å²) in [5.74, 6) is 0.232. The Bertz CT molecular complexity index is 705. The highest BCUT2D eigenvalue weighted by Gasteiger charge is 2.30. The van der Waals surface area contributed by atoms with Gasteiger partial charge in [-0.1, -0.05) is 12.1 Å². The fourth-order valence-corrected chi connectivity index (χ4v) is 1.79. The molecule has 0 saturated carbocycles. The zero-order valence-electron chi connectivity index (χ0n) is 11.3. The number of H-pyrrole nitrogens is 1. The van der Waals surface area contributed by atoms with Gasteiger partial charge in [0.15, 0.2) is 0 Å². The van der Waals surface area contributed by atoms with Gasteiger partial charge in [0.1, 0.15) is 5.82 Å². The zero-order valence-corrected chi connectivity index (χ0v) is 11.3. The van der Waals surface area contributed by atoms with E-state index in [0.29, 0.717) is 0 Å². The first-order chi connectivity index (χ1) is 9.70. The predicted molar refractivity (Wildman–Crippen MR) is 74.0 cm³/mol. The van der Waals surface area contributed by atoms with Crippen molar-refractivity contribution < 1.29 is 13.2 Å². The Morgan fingerprint density at radius 2 is 1.76 bits per heavy atom. The van der Waals surface area contributed by atoms with Crippen LogP contribution in [0.15, 0.2) is 29.1 Å². The topological polar surface area (TPSA) is 75.0 Å². The van der Waals surface area contributed by atoms with Gasteiger partial charge < -0.3 is 10.6 Å². The molecule has 8 heteroatoms. The average molecular weight is 298 g/mol. The third kappa shape index (κ3) is 2.99. The molecule has 0 bridgehead atoms. The van der Waals surface area contributed by atoms with E-state index in [-0.39, 0.29) is 22.9 Å². The molecule has 1 heterocycles. The zero-order chi connectivity index (χ0) is 15.8. The van der Waals surface area contributed by atoms with E-state index in [1.165, 1.54) is 12.1 Å². The van der Waals surface area contributed by atoms with Crippen LogP contribution in [0.4, 0.5) is 24.9 Å². The van der Waals surface area contributed by atoms with Gasteiger partial charge in [-0.25, -0.2) is 0 Å². The van der Waals surface area contributed by atoms with Gasteiger partial charge in [0.05, 0.1) is 11.1 Å². The van der Waals surface area contributed by atoms with Crippen LogP contribution in [0, 0.1) is 0 Å². The first-order valence-electron chi connectivity index (χ1n) is 5.95. The average Bonchev–Trinajstić information content (AvgIpc) is 2.37. The van der Waals surface area contributed by atoms with Crippen LogP contribution in [0.3, 0.4) is 0 Å². The normalized spacial score (nSPS) is 11.5. The maximum absolute atomic E-state index is 12.5. The number of aromatic amines is 1. The first kappa shape index (κ1) is 14.9. The molecule has 2 aromatic rings. The van der Waals surface area contributed by atoms with E-state index in [1.54, 1.807) is 19.0 Å². The van der Waals surface area contributed by atoms with Gasteiger partial charge in [-0.2, -0.15) is 18.2 Å². The summed E-state index contributed by atoms with van der Waals surface area (Å²) < 4.78 is 37.5. The molecule has 0 atom stereocenters. The lowest BCUT2D eigenvalue weighted by Gasteiger charge is -2.13. The molecule has 2 rings (SSSR count). The van der Waals surface area contributed by atoms with E-state index < -0.39 is 17.3 Å². The van der Waals surface area contributed by atoms with E-state index in [2.05, 4.69) is 9.97 Å². The van der Waals surface area contributed by atoms with Crippen molar-refractivity contribution in [2.24, 2.45) is 0 Å². The van der Waals surface area contributed by atoms with Crippen LogP contribution in [-0.4, -0.2) is 24.1 Å². The van der Waals surface area contributed by atoms with Crippen molar-refractivity contribution in [2.45, 2.75) is 6.18 Å². The summed E-state index contributed by atoms with van der Waals surface area (Å²) in [7, 11) is 3.35. The Morgan fingerprint density at radius 1 is 1.19 bits per heavy atom. The van der Waals surface area contributed by atoms with Crippen molar-refractivity contribution >= 4 is 11.8 Å². The molecule has 0 aliphatic heterocycles. The van der Waals surface area contributed by atoms with E-state index in [0.717, 1.165) is 12.1 Å². The number of aromatic nitrogens is 2. The number of anilines is 2. The van der Waals surface area contributed by atoms with E-state index in [4.69, 9.17) is 5.73 Å². The molecule has 0 radical (unpaired) electrons. The predicted octanol–water partition coefficient (Wildman–Crippen LogP) is 2.10. The van der Waals surface area contributed by atoms with Gasteiger partial charge >= 0.3 is 6.18 Å². The largest absolute Gasteiger partial charge is 0.416 e. The number of nitrogen functional groups attached to an aromatic ring is 1. The number of nitrogens with zero attached hydrogens (tertiary/aromatic N) is 2. The molecule has 5 nitrogen and oxygen atoms in total. The molecule has 21 heavy (non-hydrogen) atoms. The monoisotopic (exact) mass is 298 g/mol. The molecule has 0 unspecified atom stereocenters. The van der Waals surface area contributed by atoms with Crippen LogP contribution in [0.1, 0.15) is 5.56 Å². The van der Waals surface area contributed by atoms with Crippen LogP contribution in [0.2, 0.25) is 0 Å². The summed E-state index contributed by atoms with van der Waals surface area (Å²) in [4.78, 5) is 20.1. The van der Waals surface area contributed by atoms with Crippen LogP contribution in [-0.2, 0) is 6.18 Å². The van der Waals surface area contributed by atoms with Crippen molar-refractivity contribution in [3.63, 3.8) is 0 Å². The highest BCUT2D eigenvalue weighted by atomic mass is 19.4. The maximum Gasteiger partial charge on any atom is 0.416 e. The second kappa shape index (κ2) is 5.12. The molecule has 0 spiro atoms. The molecule has 1 aromatic heterocycles. The van der Waals surface area contributed by atoms with Crippen LogP contribution in [0.25, 0.3) is 11.1 Å². The number of halogens is 3. The Balaban J connectivity index is 2.50. The van der Waals surface area contributed by atoms with Gasteiger partial charge in [0.2, 0.25) is 5.95 Å². The second-order valence-electron chi connectivity index (χ2n) is 4.62. The lowest BCUT2D eigenvalue weighted by Crippen LogP contribution is -2.21. The summed E-state index contributed by atoms with van der Waals surface area (Å²) in [6.45, 7) is 0.